The van der Waals surface area contributed by atoms with Crippen LogP contribution < -0.4 is 5.32 Å². The predicted octanol–water partition coefficient (Wildman–Crippen LogP) is 3.91. The van der Waals surface area contributed by atoms with Gasteiger partial charge in [-0.1, -0.05) is 42.0 Å². The van der Waals surface area contributed by atoms with Gasteiger partial charge in [-0.05, 0) is 57.1 Å². The zero-order valence-electron chi connectivity index (χ0n) is 14.7. The first-order chi connectivity index (χ1) is 11.8. The van der Waals surface area contributed by atoms with Crippen molar-refractivity contribution in [2.24, 2.45) is 5.92 Å². The van der Waals surface area contributed by atoms with Gasteiger partial charge in [-0.3, -0.25) is 9.69 Å². The Labute approximate surface area is 146 Å². The maximum atomic E-state index is 12.5. The van der Waals surface area contributed by atoms with Gasteiger partial charge in [0.25, 0.3) is 0 Å². The van der Waals surface area contributed by atoms with Crippen molar-refractivity contribution in [2.75, 3.05) is 19.6 Å². The number of rotatable bonds is 6. The van der Waals surface area contributed by atoms with Gasteiger partial charge in [0, 0.05) is 19.6 Å². The molecule has 3 rings (SSSR count). The van der Waals surface area contributed by atoms with Crippen molar-refractivity contribution in [2.45, 2.75) is 51.5 Å². The Morgan fingerprint density at radius 1 is 1.17 bits per heavy atom. The number of carbonyl (C=O) groups is 1. The average Bonchev–Trinajstić information content (AvgIpc) is 2.64. The average molecular weight is 326 g/mol. The minimum absolute atomic E-state index is 0.155. The summed E-state index contributed by atoms with van der Waals surface area (Å²) in [6, 6.07) is 10.6. The quantitative estimate of drug-likeness (QED) is 0.804. The molecular formula is C21H30N2O. The smallest absolute Gasteiger partial charge is 0.224 e. The van der Waals surface area contributed by atoms with E-state index < -0.39 is 0 Å². The molecule has 24 heavy (non-hydrogen) atoms. The minimum atomic E-state index is 0.155. The second-order valence-electron chi connectivity index (χ2n) is 7.21. The Hall–Kier alpha value is -1.61. The minimum Gasteiger partial charge on any atom is -0.356 e. The molecule has 1 heterocycles. The van der Waals surface area contributed by atoms with Crippen LogP contribution in [0.5, 0.6) is 0 Å². The SMILES string of the molecule is O=C(NCCC1=CCCCC1)[C@H]1CCCN(Cc2ccccc2)C1. The lowest BCUT2D eigenvalue weighted by Crippen LogP contribution is -2.42. The van der Waals surface area contributed by atoms with Gasteiger partial charge in [-0.25, -0.2) is 0 Å². The summed E-state index contributed by atoms with van der Waals surface area (Å²) in [5.41, 5.74) is 2.87. The lowest BCUT2D eigenvalue weighted by atomic mass is 9.95. The van der Waals surface area contributed by atoms with Gasteiger partial charge in [-0.2, -0.15) is 0 Å². The van der Waals surface area contributed by atoms with Crippen LogP contribution in [0.4, 0.5) is 0 Å². The van der Waals surface area contributed by atoms with E-state index in [-0.39, 0.29) is 11.8 Å². The highest BCUT2D eigenvalue weighted by atomic mass is 16.1. The molecule has 0 spiro atoms. The number of nitrogens with one attached hydrogen (secondary N) is 1. The maximum Gasteiger partial charge on any atom is 0.224 e. The van der Waals surface area contributed by atoms with Crippen molar-refractivity contribution in [3.05, 3.63) is 47.5 Å². The molecule has 1 aromatic rings. The van der Waals surface area contributed by atoms with E-state index in [9.17, 15) is 4.79 Å². The third-order valence-electron chi connectivity index (χ3n) is 5.26. The van der Waals surface area contributed by atoms with Crippen molar-refractivity contribution in [1.29, 1.82) is 0 Å². The lowest BCUT2D eigenvalue weighted by Gasteiger charge is -2.32. The first-order valence-corrected chi connectivity index (χ1v) is 9.53. The predicted molar refractivity (Wildman–Crippen MR) is 98.6 cm³/mol. The molecular weight excluding hydrogens is 296 g/mol. The number of benzene rings is 1. The first-order valence-electron chi connectivity index (χ1n) is 9.53. The van der Waals surface area contributed by atoms with Crippen LogP contribution >= 0.6 is 0 Å². The number of carbonyl (C=O) groups excluding carboxylic acids is 1. The van der Waals surface area contributed by atoms with Crippen LogP contribution in [0.15, 0.2) is 42.0 Å². The molecule has 1 atom stereocenters. The summed E-state index contributed by atoms with van der Waals surface area (Å²) in [4.78, 5) is 14.9. The third-order valence-corrected chi connectivity index (χ3v) is 5.26. The van der Waals surface area contributed by atoms with Gasteiger partial charge < -0.3 is 5.32 Å². The van der Waals surface area contributed by atoms with Crippen LogP contribution in [-0.2, 0) is 11.3 Å². The molecule has 2 aliphatic rings. The molecule has 0 radical (unpaired) electrons. The summed E-state index contributed by atoms with van der Waals surface area (Å²) in [5.74, 6) is 0.409. The standard InChI is InChI=1S/C21H30N2O/c24-21(22-14-13-18-8-3-1-4-9-18)20-12-7-15-23(17-20)16-19-10-5-2-6-11-19/h2,5-6,8,10-11,20H,1,3-4,7,9,12-17H2,(H,22,24)/t20-/m0/s1. The Bertz CT molecular complexity index is 552. The molecule has 1 aliphatic heterocycles. The molecule has 1 amide bonds. The Balaban J connectivity index is 1.42. The Morgan fingerprint density at radius 3 is 2.83 bits per heavy atom. The van der Waals surface area contributed by atoms with Gasteiger partial charge >= 0.3 is 0 Å². The zero-order valence-corrected chi connectivity index (χ0v) is 14.7. The zero-order chi connectivity index (χ0) is 16.6. The van der Waals surface area contributed by atoms with E-state index in [0.717, 1.165) is 45.4 Å². The fraction of sp³-hybridized carbons (Fsp3) is 0.571. The van der Waals surface area contributed by atoms with Crippen LogP contribution in [0, 0.1) is 5.92 Å². The number of amides is 1. The van der Waals surface area contributed by atoms with Crippen LogP contribution in [0.25, 0.3) is 0 Å². The van der Waals surface area contributed by atoms with Crippen molar-refractivity contribution in [3.8, 4) is 0 Å². The number of piperidine rings is 1. The molecule has 1 aromatic carbocycles. The Kier molecular flexibility index (Phi) is 6.48. The number of likely N-dealkylation sites (tertiary alicyclic amines) is 1. The molecule has 0 saturated carbocycles. The molecule has 1 N–H and O–H groups in total. The van der Waals surface area contributed by atoms with E-state index in [1.807, 2.05) is 0 Å². The van der Waals surface area contributed by atoms with Gasteiger partial charge in [0.2, 0.25) is 5.91 Å². The summed E-state index contributed by atoms with van der Waals surface area (Å²) < 4.78 is 0. The highest BCUT2D eigenvalue weighted by Gasteiger charge is 2.25. The lowest BCUT2D eigenvalue weighted by molar-refractivity contribution is -0.126. The monoisotopic (exact) mass is 326 g/mol. The van der Waals surface area contributed by atoms with E-state index in [4.69, 9.17) is 0 Å². The topological polar surface area (TPSA) is 32.3 Å². The number of hydrogen-bond donors (Lipinski definition) is 1. The van der Waals surface area contributed by atoms with Gasteiger partial charge in [0.15, 0.2) is 0 Å². The molecule has 1 fully saturated rings. The number of nitrogens with zero attached hydrogens (tertiary/aromatic N) is 1. The van der Waals surface area contributed by atoms with Crippen LogP contribution in [-0.4, -0.2) is 30.4 Å². The molecule has 1 aliphatic carbocycles. The molecule has 3 nitrogen and oxygen atoms in total. The largest absolute Gasteiger partial charge is 0.356 e. The van der Waals surface area contributed by atoms with Crippen molar-refractivity contribution >= 4 is 5.91 Å². The second-order valence-corrected chi connectivity index (χ2v) is 7.21. The van der Waals surface area contributed by atoms with E-state index >= 15 is 0 Å². The maximum absolute atomic E-state index is 12.5. The molecule has 0 bridgehead atoms. The van der Waals surface area contributed by atoms with Crippen molar-refractivity contribution in [1.82, 2.24) is 10.2 Å². The van der Waals surface area contributed by atoms with Crippen LogP contribution in [0.1, 0.15) is 50.5 Å². The van der Waals surface area contributed by atoms with Crippen LogP contribution in [0.3, 0.4) is 0 Å². The van der Waals surface area contributed by atoms with Crippen molar-refractivity contribution < 1.29 is 4.79 Å². The fourth-order valence-corrected chi connectivity index (χ4v) is 3.88. The van der Waals surface area contributed by atoms with Crippen LogP contribution in [0.2, 0.25) is 0 Å². The fourth-order valence-electron chi connectivity index (χ4n) is 3.88. The van der Waals surface area contributed by atoms with E-state index in [2.05, 4.69) is 46.6 Å². The number of hydrogen-bond acceptors (Lipinski definition) is 2. The normalized spacial score (nSPS) is 22.0. The molecule has 0 unspecified atom stereocenters. The summed E-state index contributed by atoms with van der Waals surface area (Å²) in [7, 11) is 0. The van der Waals surface area contributed by atoms with E-state index in [1.165, 1.54) is 36.8 Å². The van der Waals surface area contributed by atoms with E-state index in [0.29, 0.717) is 0 Å². The van der Waals surface area contributed by atoms with Crippen molar-refractivity contribution in [3.63, 3.8) is 0 Å². The molecule has 0 aromatic heterocycles. The van der Waals surface area contributed by atoms with Gasteiger partial charge in [-0.15, -0.1) is 0 Å². The third kappa shape index (κ3) is 5.20. The Morgan fingerprint density at radius 2 is 2.04 bits per heavy atom. The summed E-state index contributed by atoms with van der Waals surface area (Å²) in [6.45, 7) is 3.76. The summed E-state index contributed by atoms with van der Waals surface area (Å²) in [6.07, 6.45) is 10.6. The highest BCUT2D eigenvalue weighted by Crippen LogP contribution is 2.21. The molecule has 3 heteroatoms. The highest BCUT2D eigenvalue weighted by molar-refractivity contribution is 5.78. The summed E-state index contributed by atoms with van der Waals surface area (Å²) >= 11 is 0. The molecule has 1 saturated heterocycles. The van der Waals surface area contributed by atoms with E-state index in [1.54, 1.807) is 0 Å². The molecule has 130 valence electrons. The second kappa shape index (κ2) is 9.03. The van der Waals surface area contributed by atoms with Gasteiger partial charge in [0.1, 0.15) is 0 Å². The first kappa shape index (κ1) is 17.2. The van der Waals surface area contributed by atoms with Gasteiger partial charge in [0.05, 0.1) is 5.92 Å². The number of allylic oxidation sites excluding steroid dienone is 1. The summed E-state index contributed by atoms with van der Waals surface area (Å²) in [5, 5.41) is 3.18.